The number of hydrogen-bond acceptors (Lipinski definition) is 3. The van der Waals surface area contributed by atoms with Crippen LogP contribution in [0.4, 0.5) is 0 Å². The van der Waals surface area contributed by atoms with Crippen LogP contribution in [0.5, 0.6) is 0 Å². The summed E-state index contributed by atoms with van der Waals surface area (Å²) in [6.45, 7) is 0.440. The lowest BCUT2D eigenvalue weighted by Gasteiger charge is -2.18. The molecule has 0 bridgehead atoms. The Morgan fingerprint density at radius 2 is 1.72 bits per heavy atom. The lowest BCUT2D eigenvalue weighted by Crippen LogP contribution is -2.49. The molecular weight excluding hydrogens is 366 g/mol. The van der Waals surface area contributed by atoms with Crippen molar-refractivity contribution in [2.75, 3.05) is 6.54 Å². The van der Waals surface area contributed by atoms with Crippen LogP contribution in [0.25, 0.3) is 0 Å². The first-order chi connectivity index (χ1) is 14.0. The lowest BCUT2D eigenvalue weighted by atomic mass is 9.94. The molecule has 0 aliphatic heterocycles. The molecule has 2 rings (SSSR count). The topological polar surface area (TPSA) is 101 Å². The summed E-state index contributed by atoms with van der Waals surface area (Å²) in [6.07, 6.45) is 10.5. The maximum atomic E-state index is 12.4. The third-order valence-corrected chi connectivity index (χ3v) is 5.60. The van der Waals surface area contributed by atoms with Gasteiger partial charge in [0, 0.05) is 13.0 Å². The van der Waals surface area contributed by atoms with Crippen molar-refractivity contribution in [2.45, 2.75) is 76.7 Å². The van der Waals surface area contributed by atoms with Gasteiger partial charge >= 0.3 is 0 Å². The minimum absolute atomic E-state index is 0.189. The van der Waals surface area contributed by atoms with Crippen LogP contribution in [-0.4, -0.2) is 30.3 Å². The Bertz CT molecular complexity index is 640. The predicted octanol–water partition coefficient (Wildman–Crippen LogP) is 2.85. The Labute approximate surface area is 174 Å². The van der Waals surface area contributed by atoms with Crippen LogP contribution in [-0.2, 0) is 20.8 Å². The van der Waals surface area contributed by atoms with Gasteiger partial charge < -0.3 is 16.4 Å². The molecule has 3 amide bonds. The Morgan fingerprint density at radius 3 is 2.38 bits per heavy atom. The van der Waals surface area contributed by atoms with Crippen molar-refractivity contribution in [3.8, 4) is 0 Å². The zero-order valence-electron chi connectivity index (χ0n) is 17.3. The quantitative estimate of drug-likeness (QED) is 0.497. The molecule has 1 fully saturated rings. The summed E-state index contributed by atoms with van der Waals surface area (Å²) in [5.41, 5.74) is 6.38. The number of benzene rings is 1. The minimum Gasteiger partial charge on any atom is -0.370 e. The van der Waals surface area contributed by atoms with E-state index in [-0.39, 0.29) is 18.2 Å². The average molecular weight is 402 g/mol. The standard InChI is InChI=1S/C23H35N3O3/c24-21(27)17-20(23(29)25-16-15-19-11-6-3-7-12-19)26-22(28)14-8-13-18-9-4-1-2-5-10-18/h3,6-7,11-12,18,20H,1-2,4-5,8-10,13-17H2,(H2,24,27)(H,25,29)(H,26,28)/t20-/m1/s1. The number of nitrogens with one attached hydrogen (secondary N) is 2. The van der Waals surface area contributed by atoms with E-state index < -0.39 is 11.9 Å². The number of hydrogen-bond donors (Lipinski definition) is 3. The van der Waals surface area contributed by atoms with Crippen LogP contribution < -0.4 is 16.4 Å². The molecule has 1 aliphatic rings. The molecule has 0 saturated heterocycles. The average Bonchev–Trinajstić information content (AvgIpc) is 2.97. The molecule has 0 aromatic heterocycles. The summed E-state index contributed by atoms with van der Waals surface area (Å²) in [4.78, 5) is 36.1. The SMILES string of the molecule is NC(=O)C[C@@H](NC(=O)CCCC1CCCCCC1)C(=O)NCCc1ccccc1. The zero-order chi connectivity index (χ0) is 20.9. The van der Waals surface area contributed by atoms with Crippen LogP contribution in [0.1, 0.15) is 69.8 Å². The van der Waals surface area contributed by atoms with E-state index in [0.29, 0.717) is 25.3 Å². The highest BCUT2D eigenvalue weighted by Crippen LogP contribution is 2.26. The molecule has 1 aliphatic carbocycles. The summed E-state index contributed by atoms with van der Waals surface area (Å²) in [6, 6.07) is 8.90. The highest BCUT2D eigenvalue weighted by atomic mass is 16.2. The molecule has 1 aromatic carbocycles. The van der Waals surface area contributed by atoms with Gasteiger partial charge in [-0.15, -0.1) is 0 Å². The lowest BCUT2D eigenvalue weighted by molar-refractivity contribution is -0.131. The van der Waals surface area contributed by atoms with Gasteiger partial charge in [-0.2, -0.15) is 0 Å². The molecule has 29 heavy (non-hydrogen) atoms. The van der Waals surface area contributed by atoms with Crippen molar-refractivity contribution in [3.05, 3.63) is 35.9 Å². The van der Waals surface area contributed by atoms with E-state index in [4.69, 9.17) is 5.73 Å². The first-order valence-electron chi connectivity index (χ1n) is 10.9. The number of rotatable bonds is 11. The van der Waals surface area contributed by atoms with Crippen molar-refractivity contribution in [2.24, 2.45) is 11.7 Å². The van der Waals surface area contributed by atoms with Crippen molar-refractivity contribution in [3.63, 3.8) is 0 Å². The molecule has 6 nitrogen and oxygen atoms in total. The molecule has 0 heterocycles. The fourth-order valence-corrected chi connectivity index (χ4v) is 3.98. The molecule has 0 spiro atoms. The van der Waals surface area contributed by atoms with Gasteiger partial charge in [-0.25, -0.2) is 0 Å². The fraction of sp³-hybridized carbons (Fsp3) is 0.609. The highest BCUT2D eigenvalue weighted by Gasteiger charge is 2.22. The maximum absolute atomic E-state index is 12.4. The van der Waals surface area contributed by atoms with Crippen LogP contribution in [0.3, 0.4) is 0 Å². The van der Waals surface area contributed by atoms with E-state index >= 15 is 0 Å². The monoisotopic (exact) mass is 401 g/mol. The molecule has 0 unspecified atom stereocenters. The molecule has 6 heteroatoms. The summed E-state index contributed by atoms with van der Waals surface area (Å²) in [5.74, 6) is -0.445. The summed E-state index contributed by atoms with van der Waals surface area (Å²) in [5, 5.41) is 5.49. The molecular formula is C23H35N3O3. The number of carbonyl (C=O) groups is 3. The minimum atomic E-state index is -0.909. The smallest absolute Gasteiger partial charge is 0.243 e. The first kappa shape index (κ1) is 22.9. The second kappa shape index (κ2) is 13.0. The van der Waals surface area contributed by atoms with E-state index in [9.17, 15) is 14.4 Å². The molecule has 1 saturated carbocycles. The molecule has 160 valence electrons. The third kappa shape index (κ3) is 9.59. The van der Waals surface area contributed by atoms with E-state index in [1.807, 2.05) is 30.3 Å². The predicted molar refractivity (Wildman–Crippen MR) is 114 cm³/mol. The highest BCUT2D eigenvalue weighted by molar-refractivity contribution is 5.91. The van der Waals surface area contributed by atoms with Crippen molar-refractivity contribution in [1.82, 2.24) is 10.6 Å². The maximum Gasteiger partial charge on any atom is 0.243 e. The van der Waals surface area contributed by atoms with E-state index in [1.54, 1.807) is 0 Å². The number of amides is 3. The molecule has 1 atom stereocenters. The van der Waals surface area contributed by atoms with Gasteiger partial charge in [0.25, 0.3) is 0 Å². The van der Waals surface area contributed by atoms with Crippen molar-refractivity contribution < 1.29 is 14.4 Å². The van der Waals surface area contributed by atoms with E-state index in [2.05, 4.69) is 10.6 Å². The van der Waals surface area contributed by atoms with Gasteiger partial charge in [-0.3, -0.25) is 14.4 Å². The summed E-state index contributed by atoms with van der Waals surface area (Å²) < 4.78 is 0. The molecule has 1 aromatic rings. The fourth-order valence-electron chi connectivity index (χ4n) is 3.98. The zero-order valence-corrected chi connectivity index (χ0v) is 17.3. The summed E-state index contributed by atoms with van der Waals surface area (Å²) in [7, 11) is 0. The first-order valence-corrected chi connectivity index (χ1v) is 10.9. The van der Waals surface area contributed by atoms with Crippen molar-refractivity contribution >= 4 is 17.7 Å². The van der Waals surface area contributed by atoms with Gasteiger partial charge in [0.15, 0.2) is 0 Å². The Morgan fingerprint density at radius 1 is 1.03 bits per heavy atom. The van der Waals surface area contributed by atoms with Crippen LogP contribution in [0.2, 0.25) is 0 Å². The second-order valence-electron chi connectivity index (χ2n) is 8.07. The Balaban J connectivity index is 1.73. The van der Waals surface area contributed by atoms with Crippen molar-refractivity contribution in [1.29, 1.82) is 0 Å². The molecule has 4 N–H and O–H groups in total. The number of nitrogens with two attached hydrogens (primary N) is 1. The van der Waals surface area contributed by atoms with Gasteiger partial charge in [0.05, 0.1) is 6.42 Å². The normalized spacial score (nSPS) is 15.9. The van der Waals surface area contributed by atoms with Crippen LogP contribution >= 0.6 is 0 Å². The van der Waals surface area contributed by atoms with E-state index in [1.165, 1.54) is 38.5 Å². The third-order valence-electron chi connectivity index (χ3n) is 5.60. The van der Waals surface area contributed by atoms with Gasteiger partial charge in [-0.05, 0) is 30.7 Å². The van der Waals surface area contributed by atoms with Crippen LogP contribution in [0.15, 0.2) is 30.3 Å². The Hall–Kier alpha value is -2.37. The van der Waals surface area contributed by atoms with Gasteiger partial charge in [0.2, 0.25) is 17.7 Å². The van der Waals surface area contributed by atoms with E-state index in [0.717, 1.165) is 18.4 Å². The second-order valence-corrected chi connectivity index (χ2v) is 8.07. The van der Waals surface area contributed by atoms with Crippen LogP contribution in [0, 0.1) is 5.92 Å². The largest absolute Gasteiger partial charge is 0.370 e. The van der Waals surface area contributed by atoms with Gasteiger partial charge in [0.1, 0.15) is 6.04 Å². The number of carbonyl (C=O) groups excluding carboxylic acids is 3. The van der Waals surface area contributed by atoms with Gasteiger partial charge in [-0.1, -0.05) is 68.9 Å². The Kier molecular flexibility index (Phi) is 10.2. The number of primary amides is 1. The summed E-state index contributed by atoms with van der Waals surface area (Å²) >= 11 is 0. The molecule has 0 radical (unpaired) electrons.